The van der Waals surface area contributed by atoms with E-state index in [9.17, 15) is 9.90 Å². The zero-order chi connectivity index (χ0) is 25.1. The molecule has 1 aromatic rings. The molecule has 0 amide bonds. The fourth-order valence-corrected chi connectivity index (χ4v) is 4.92. The number of hydrogen-bond acceptors (Lipinski definition) is 4. The van der Waals surface area contributed by atoms with Crippen LogP contribution in [0, 0.1) is 5.92 Å². The Hall–Kier alpha value is -1.43. The lowest BCUT2D eigenvalue weighted by Crippen LogP contribution is -2.38. The SMILES string of the molecule is CCCCCCCCCCC[C@H](C[C@H](OC1CCCCO1)[C@H](CC)C(=O)O)OCc1ccccc1. The molecule has 0 spiro atoms. The number of rotatable bonds is 20. The van der Waals surface area contributed by atoms with Crippen LogP contribution < -0.4 is 0 Å². The summed E-state index contributed by atoms with van der Waals surface area (Å²) in [4.78, 5) is 12.0. The van der Waals surface area contributed by atoms with Crippen molar-refractivity contribution in [2.45, 2.75) is 135 Å². The molecule has 1 N–H and O–H groups in total. The van der Waals surface area contributed by atoms with Crippen molar-refractivity contribution in [2.24, 2.45) is 5.92 Å². The van der Waals surface area contributed by atoms with Gasteiger partial charge in [-0.3, -0.25) is 4.79 Å². The maximum atomic E-state index is 12.0. The van der Waals surface area contributed by atoms with E-state index in [1.807, 2.05) is 25.1 Å². The minimum Gasteiger partial charge on any atom is -0.481 e. The van der Waals surface area contributed by atoms with Crippen LogP contribution >= 0.6 is 0 Å². The Morgan fingerprint density at radius 2 is 1.69 bits per heavy atom. The summed E-state index contributed by atoms with van der Waals surface area (Å²) in [5.41, 5.74) is 1.14. The van der Waals surface area contributed by atoms with E-state index in [2.05, 4.69) is 19.1 Å². The van der Waals surface area contributed by atoms with Crippen LogP contribution in [-0.4, -0.2) is 36.2 Å². The van der Waals surface area contributed by atoms with E-state index in [-0.39, 0.29) is 12.4 Å². The number of carboxylic acids is 1. The van der Waals surface area contributed by atoms with Crippen LogP contribution in [0.5, 0.6) is 0 Å². The molecule has 1 unspecified atom stereocenters. The summed E-state index contributed by atoms with van der Waals surface area (Å²) < 4.78 is 18.5. The van der Waals surface area contributed by atoms with Gasteiger partial charge < -0.3 is 19.3 Å². The van der Waals surface area contributed by atoms with E-state index in [0.29, 0.717) is 26.1 Å². The molecule has 0 saturated carbocycles. The van der Waals surface area contributed by atoms with Crippen LogP contribution in [0.15, 0.2) is 30.3 Å². The van der Waals surface area contributed by atoms with Gasteiger partial charge in [-0.25, -0.2) is 0 Å². The van der Waals surface area contributed by atoms with E-state index < -0.39 is 18.0 Å². The second-order valence-corrected chi connectivity index (χ2v) is 10.1. The van der Waals surface area contributed by atoms with E-state index in [1.165, 1.54) is 51.4 Å². The summed E-state index contributed by atoms with van der Waals surface area (Å²) in [5.74, 6) is -1.34. The summed E-state index contributed by atoms with van der Waals surface area (Å²) in [7, 11) is 0. The van der Waals surface area contributed by atoms with Crippen molar-refractivity contribution in [3.63, 3.8) is 0 Å². The molecule has 1 heterocycles. The third-order valence-corrected chi connectivity index (χ3v) is 7.12. The van der Waals surface area contributed by atoms with Gasteiger partial charge in [-0.1, -0.05) is 102 Å². The van der Waals surface area contributed by atoms with Crippen LogP contribution in [0.2, 0.25) is 0 Å². The molecule has 1 aliphatic rings. The van der Waals surface area contributed by atoms with E-state index in [0.717, 1.165) is 37.7 Å². The predicted octanol–water partition coefficient (Wildman–Crippen LogP) is 7.91. The van der Waals surface area contributed by atoms with Crippen molar-refractivity contribution >= 4 is 5.97 Å². The number of carbonyl (C=O) groups is 1. The molecule has 0 bridgehead atoms. The van der Waals surface area contributed by atoms with Crippen LogP contribution in [0.1, 0.15) is 116 Å². The monoisotopic (exact) mass is 490 g/mol. The van der Waals surface area contributed by atoms with Crippen molar-refractivity contribution in [1.29, 1.82) is 0 Å². The Bertz CT molecular complexity index is 643. The zero-order valence-electron chi connectivity index (χ0n) is 22.3. The van der Waals surface area contributed by atoms with Gasteiger partial charge in [0.05, 0.1) is 24.7 Å². The van der Waals surface area contributed by atoms with Gasteiger partial charge >= 0.3 is 5.97 Å². The first-order chi connectivity index (χ1) is 17.1. The molecule has 35 heavy (non-hydrogen) atoms. The molecule has 0 aliphatic carbocycles. The topological polar surface area (TPSA) is 65.0 Å². The zero-order valence-corrected chi connectivity index (χ0v) is 22.3. The third kappa shape index (κ3) is 12.9. The van der Waals surface area contributed by atoms with Gasteiger partial charge in [-0.2, -0.15) is 0 Å². The second kappa shape index (κ2) is 18.8. The highest BCUT2D eigenvalue weighted by Gasteiger charge is 2.33. The van der Waals surface area contributed by atoms with E-state index >= 15 is 0 Å². The number of benzene rings is 1. The van der Waals surface area contributed by atoms with Crippen LogP contribution in [0.25, 0.3) is 0 Å². The maximum absolute atomic E-state index is 12.0. The fourth-order valence-electron chi connectivity index (χ4n) is 4.92. The maximum Gasteiger partial charge on any atom is 0.309 e. The Balaban J connectivity index is 1.92. The lowest BCUT2D eigenvalue weighted by atomic mass is 9.92. The Morgan fingerprint density at radius 3 is 2.29 bits per heavy atom. The first-order valence-corrected chi connectivity index (χ1v) is 14.3. The molecule has 5 nitrogen and oxygen atoms in total. The first-order valence-electron chi connectivity index (χ1n) is 14.3. The van der Waals surface area contributed by atoms with Gasteiger partial charge in [-0.05, 0) is 37.7 Å². The summed E-state index contributed by atoms with van der Waals surface area (Å²) in [5, 5.41) is 9.88. The van der Waals surface area contributed by atoms with Crippen LogP contribution in [0.4, 0.5) is 0 Å². The van der Waals surface area contributed by atoms with Crippen LogP contribution in [0.3, 0.4) is 0 Å². The minimum absolute atomic E-state index is 0.0262. The van der Waals surface area contributed by atoms with E-state index in [1.54, 1.807) is 0 Å². The smallest absolute Gasteiger partial charge is 0.309 e. The minimum atomic E-state index is -0.793. The highest BCUT2D eigenvalue weighted by Crippen LogP contribution is 2.27. The fraction of sp³-hybridized carbons (Fsp3) is 0.767. The summed E-state index contributed by atoms with van der Waals surface area (Å²) in [6, 6.07) is 10.2. The standard InChI is InChI=1S/C30H50O5/c1-3-5-6-7-8-9-10-11-15-20-26(34-24-25-18-13-12-14-19-25)23-28(27(4-2)30(31)32)35-29-21-16-17-22-33-29/h12-14,18-19,26-29H,3-11,15-17,20-24H2,1-2H3,(H,31,32)/t26-,27+,28+,29?/m1/s1. The first kappa shape index (κ1) is 29.8. The van der Waals surface area contributed by atoms with Gasteiger partial charge in [0.25, 0.3) is 0 Å². The highest BCUT2D eigenvalue weighted by molar-refractivity contribution is 5.70. The molecule has 0 aromatic heterocycles. The number of ether oxygens (including phenoxy) is 3. The number of hydrogen-bond donors (Lipinski definition) is 1. The number of unbranched alkanes of at least 4 members (excludes halogenated alkanes) is 8. The molecule has 0 radical (unpaired) electrons. The molecule has 4 atom stereocenters. The molecule has 200 valence electrons. The molecular formula is C30H50O5. The summed E-state index contributed by atoms with van der Waals surface area (Å²) >= 11 is 0. The summed E-state index contributed by atoms with van der Waals surface area (Å²) in [6.45, 7) is 5.41. The molecule has 1 aromatic carbocycles. The molecule has 1 aliphatic heterocycles. The average Bonchev–Trinajstić information content (AvgIpc) is 2.87. The molecule has 5 heteroatoms. The summed E-state index contributed by atoms with van der Waals surface area (Å²) in [6.07, 6.45) is 15.8. The Morgan fingerprint density at radius 1 is 1.00 bits per heavy atom. The predicted molar refractivity (Wildman–Crippen MR) is 141 cm³/mol. The van der Waals surface area contributed by atoms with Crippen molar-refractivity contribution < 1.29 is 24.1 Å². The van der Waals surface area contributed by atoms with Gasteiger partial charge in [0.15, 0.2) is 6.29 Å². The lowest BCUT2D eigenvalue weighted by molar-refractivity contribution is -0.209. The molecular weight excluding hydrogens is 440 g/mol. The molecule has 1 saturated heterocycles. The Kier molecular flexibility index (Phi) is 16.0. The molecule has 1 fully saturated rings. The number of carboxylic acid groups (broad SMARTS) is 1. The van der Waals surface area contributed by atoms with Gasteiger partial charge in [0.2, 0.25) is 0 Å². The second-order valence-electron chi connectivity index (χ2n) is 10.1. The average molecular weight is 491 g/mol. The van der Waals surface area contributed by atoms with Crippen molar-refractivity contribution in [2.75, 3.05) is 6.61 Å². The van der Waals surface area contributed by atoms with Gasteiger partial charge in [0.1, 0.15) is 0 Å². The van der Waals surface area contributed by atoms with Crippen LogP contribution in [-0.2, 0) is 25.6 Å². The highest BCUT2D eigenvalue weighted by atomic mass is 16.7. The van der Waals surface area contributed by atoms with Crippen molar-refractivity contribution in [1.82, 2.24) is 0 Å². The number of aliphatic carboxylic acids is 1. The third-order valence-electron chi connectivity index (χ3n) is 7.12. The van der Waals surface area contributed by atoms with Crippen molar-refractivity contribution in [3.05, 3.63) is 35.9 Å². The molecule has 2 rings (SSSR count). The normalized spacial score (nSPS) is 18.7. The quantitative estimate of drug-likeness (QED) is 0.188. The Labute approximate surface area is 213 Å². The largest absolute Gasteiger partial charge is 0.481 e. The van der Waals surface area contributed by atoms with E-state index in [4.69, 9.17) is 14.2 Å². The lowest BCUT2D eigenvalue weighted by Gasteiger charge is -2.32. The van der Waals surface area contributed by atoms with Crippen molar-refractivity contribution in [3.8, 4) is 0 Å². The van der Waals surface area contributed by atoms with Gasteiger partial charge in [-0.15, -0.1) is 0 Å². The van der Waals surface area contributed by atoms with Gasteiger partial charge in [0, 0.05) is 13.0 Å².